The van der Waals surface area contributed by atoms with Gasteiger partial charge in [-0.3, -0.25) is 19.7 Å². The van der Waals surface area contributed by atoms with Gasteiger partial charge in [0.1, 0.15) is 17.5 Å². The van der Waals surface area contributed by atoms with Gasteiger partial charge in [-0.1, -0.05) is 61.5 Å². The number of ether oxygens (including phenoxy) is 2. The predicted molar refractivity (Wildman–Crippen MR) is 194 cm³/mol. The van der Waals surface area contributed by atoms with E-state index in [0.717, 1.165) is 59.5 Å². The van der Waals surface area contributed by atoms with Crippen molar-refractivity contribution in [1.29, 1.82) is 0 Å². The number of aromatic hydroxyl groups is 1. The number of hydrogen-bond acceptors (Lipinski definition) is 7. The lowest BCUT2D eigenvalue weighted by Crippen LogP contribution is -2.52. The van der Waals surface area contributed by atoms with Crippen LogP contribution in [0.1, 0.15) is 71.6 Å². The van der Waals surface area contributed by atoms with Gasteiger partial charge in [-0.25, -0.2) is 0 Å². The van der Waals surface area contributed by atoms with Gasteiger partial charge in [0.15, 0.2) is 0 Å². The number of rotatable bonds is 15. The zero-order valence-electron chi connectivity index (χ0n) is 28.3. The number of allylic oxidation sites excluding steroid dienone is 1. The number of piperidine rings is 1. The van der Waals surface area contributed by atoms with Crippen LogP contribution in [-0.2, 0) is 20.9 Å². The van der Waals surface area contributed by atoms with E-state index >= 15 is 0 Å². The largest absolute Gasteiger partial charge is 0.508 e. The molecule has 0 aliphatic carbocycles. The van der Waals surface area contributed by atoms with Crippen molar-refractivity contribution >= 4 is 34.6 Å². The fourth-order valence-corrected chi connectivity index (χ4v) is 6.57. The molecule has 6 rings (SSSR count). The molecule has 50 heavy (non-hydrogen) atoms. The molecule has 4 aromatic rings. The highest BCUT2D eigenvalue weighted by Gasteiger charge is 2.39. The van der Waals surface area contributed by atoms with Crippen molar-refractivity contribution in [2.75, 3.05) is 31.7 Å². The van der Waals surface area contributed by atoms with E-state index in [9.17, 15) is 19.5 Å². The number of hydrogen-bond donors (Lipinski definition) is 3. The molecule has 0 saturated carbocycles. The van der Waals surface area contributed by atoms with Crippen molar-refractivity contribution < 1.29 is 29.0 Å². The Labute approximate surface area is 292 Å². The Bertz CT molecular complexity index is 1840. The summed E-state index contributed by atoms with van der Waals surface area (Å²) in [7, 11) is 0. The highest BCUT2D eigenvalue weighted by Crippen LogP contribution is 2.36. The molecular formula is C41H43N3O6. The van der Waals surface area contributed by atoms with Gasteiger partial charge in [0, 0.05) is 50.4 Å². The highest BCUT2D eigenvalue weighted by atomic mass is 16.5. The maximum Gasteiger partial charge on any atom is 0.255 e. The van der Waals surface area contributed by atoms with Crippen LogP contribution in [0.4, 0.5) is 5.69 Å². The number of phenolic OH excluding ortho intramolecular Hbond substituents is 1. The van der Waals surface area contributed by atoms with Gasteiger partial charge < -0.3 is 24.8 Å². The number of fused-ring (bicyclic) bond motifs is 1. The van der Waals surface area contributed by atoms with E-state index in [-0.39, 0.29) is 24.0 Å². The third kappa shape index (κ3) is 8.23. The van der Waals surface area contributed by atoms with Crippen LogP contribution in [0.25, 0.3) is 11.1 Å². The maximum absolute atomic E-state index is 12.9. The molecule has 1 atom stereocenters. The second-order valence-corrected chi connectivity index (χ2v) is 12.5. The number of carbonyl (C=O) groups excluding carboxylic acids is 3. The molecular weight excluding hydrogens is 630 g/mol. The summed E-state index contributed by atoms with van der Waals surface area (Å²) in [5.74, 6) is 0.184. The molecule has 1 fully saturated rings. The number of carbonyl (C=O) groups is 3. The summed E-state index contributed by atoms with van der Waals surface area (Å²) in [6.45, 7) is 5.00. The van der Waals surface area contributed by atoms with Gasteiger partial charge in [-0.2, -0.15) is 0 Å². The van der Waals surface area contributed by atoms with Crippen LogP contribution in [0.5, 0.6) is 11.5 Å². The first kappa shape index (κ1) is 34.5. The average Bonchev–Trinajstić information content (AvgIpc) is 3.45. The zero-order valence-corrected chi connectivity index (χ0v) is 28.3. The average molecular weight is 674 g/mol. The number of phenols is 1. The first-order valence-electron chi connectivity index (χ1n) is 17.3. The second-order valence-electron chi connectivity index (χ2n) is 12.5. The summed E-state index contributed by atoms with van der Waals surface area (Å²) < 4.78 is 11.8. The van der Waals surface area contributed by atoms with E-state index < -0.39 is 11.9 Å². The minimum absolute atomic E-state index is 0.170. The van der Waals surface area contributed by atoms with Crippen molar-refractivity contribution in [2.45, 2.75) is 51.6 Å². The summed E-state index contributed by atoms with van der Waals surface area (Å²) in [6, 6.07) is 31.0. The Morgan fingerprint density at radius 2 is 1.58 bits per heavy atom. The molecule has 9 heteroatoms. The molecule has 1 saturated heterocycles. The van der Waals surface area contributed by atoms with Crippen molar-refractivity contribution in [3.8, 4) is 11.5 Å². The van der Waals surface area contributed by atoms with E-state index in [0.29, 0.717) is 38.3 Å². The van der Waals surface area contributed by atoms with Crippen LogP contribution in [0, 0.1) is 0 Å². The van der Waals surface area contributed by atoms with Crippen LogP contribution in [0.2, 0.25) is 0 Å². The van der Waals surface area contributed by atoms with Gasteiger partial charge in [0.25, 0.3) is 5.91 Å². The molecule has 4 aromatic carbocycles. The summed E-state index contributed by atoms with van der Waals surface area (Å²) in [6.07, 6.45) is 3.04. The zero-order chi connectivity index (χ0) is 34.9. The van der Waals surface area contributed by atoms with E-state index in [1.54, 1.807) is 23.1 Å². The van der Waals surface area contributed by atoms with Crippen LogP contribution < -0.4 is 15.4 Å². The number of benzene rings is 4. The predicted octanol–water partition coefficient (Wildman–Crippen LogP) is 6.81. The van der Waals surface area contributed by atoms with E-state index in [2.05, 4.69) is 54.0 Å². The SMILES string of the molecule is CC/C(=C(\c1ccc(O)cc1)c1ccc(OCCCOCCCNc2ccc3c(c2)CN(C2CCC(=O)NC2=O)C3=O)cc1)c1ccccc1. The summed E-state index contributed by atoms with van der Waals surface area (Å²) >= 11 is 0. The smallest absolute Gasteiger partial charge is 0.255 e. The first-order chi connectivity index (χ1) is 24.4. The van der Waals surface area contributed by atoms with E-state index in [4.69, 9.17) is 9.47 Å². The molecule has 2 aliphatic rings. The first-order valence-corrected chi connectivity index (χ1v) is 17.3. The lowest BCUT2D eigenvalue weighted by atomic mass is 9.88. The number of imide groups is 1. The molecule has 9 nitrogen and oxygen atoms in total. The van der Waals surface area contributed by atoms with Gasteiger partial charge in [0.05, 0.1) is 6.61 Å². The van der Waals surface area contributed by atoms with Gasteiger partial charge in [-0.15, -0.1) is 0 Å². The minimum atomic E-state index is -0.612. The quantitative estimate of drug-likeness (QED) is 0.0721. The maximum atomic E-state index is 12.9. The van der Waals surface area contributed by atoms with Gasteiger partial charge in [-0.05, 0) is 95.1 Å². The Hall–Kier alpha value is -5.41. The number of anilines is 1. The number of nitrogens with zero attached hydrogens (tertiary/aromatic N) is 1. The molecule has 2 aliphatic heterocycles. The van der Waals surface area contributed by atoms with Crippen LogP contribution in [0.15, 0.2) is 97.1 Å². The van der Waals surface area contributed by atoms with E-state index in [1.165, 1.54) is 11.1 Å². The molecule has 1 unspecified atom stereocenters. The Kier molecular flexibility index (Phi) is 11.3. The molecule has 0 aromatic heterocycles. The van der Waals surface area contributed by atoms with Crippen LogP contribution in [-0.4, -0.2) is 60.1 Å². The molecule has 0 bridgehead atoms. The third-order valence-electron chi connectivity index (χ3n) is 9.10. The molecule has 3 amide bonds. The Morgan fingerprint density at radius 3 is 2.30 bits per heavy atom. The lowest BCUT2D eigenvalue weighted by molar-refractivity contribution is -0.136. The fraction of sp³-hybridized carbons (Fsp3) is 0.293. The third-order valence-corrected chi connectivity index (χ3v) is 9.10. The monoisotopic (exact) mass is 673 g/mol. The molecule has 3 N–H and O–H groups in total. The highest BCUT2D eigenvalue weighted by molar-refractivity contribution is 6.05. The Morgan fingerprint density at radius 1 is 0.860 bits per heavy atom. The van der Waals surface area contributed by atoms with E-state index in [1.807, 2.05) is 42.5 Å². The van der Waals surface area contributed by atoms with Crippen LogP contribution >= 0.6 is 0 Å². The summed E-state index contributed by atoms with van der Waals surface area (Å²) in [5.41, 5.74) is 8.08. The molecule has 0 spiro atoms. The van der Waals surface area contributed by atoms with Crippen molar-refractivity contribution in [2.24, 2.45) is 0 Å². The van der Waals surface area contributed by atoms with Gasteiger partial charge in [0.2, 0.25) is 11.8 Å². The lowest BCUT2D eigenvalue weighted by Gasteiger charge is -2.29. The van der Waals surface area contributed by atoms with Crippen LogP contribution in [0.3, 0.4) is 0 Å². The summed E-state index contributed by atoms with van der Waals surface area (Å²) in [4.78, 5) is 38.3. The molecule has 2 heterocycles. The minimum Gasteiger partial charge on any atom is -0.508 e. The van der Waals surface area contributed by atoms with Crippen molar-refractivity contribution in [3.05, 3.63) is 125 Å². The number of amides is 3. The standard InChI is InChI=1S/C41H43N3O6/c1-2-35(28-8-4-3-5-9-28)39(29-10-15-33(45)16-11-29)30-12-17-34(18-13-30)50-25-7-24-49-23-6-22-42-32-14-19-36-31(26-32)27-44(41(36)48)37-20-21-38(46)43-40(37)47/h3-5,8-19,26,37,42,45H,2,6-7,20-25,27H2,1H3,(H,43,46,47)/b39-35-. The van der Waals surface area contributed by atoms with Gasteiger partial charge >= 0.3 is 0 Å². The number of nitrogens with one attached hydrogen (secondary N) is 2. The Balaban J connectivity index is 0.923. The van der Waals surface area contributed by atoms with Crippen molar-refractivity contribution in [1.82, 2.24) is 10.2 Å². The second kappa shape index (κ2) is 16.3. The summed E-state index contributed by atoms with van der Waals surface area (Å²) in [5, 5.41) is 15.6. The molecule has 0 radical (unpaired) electrons. The topological polar surface area (TPSA) is 117 Å². The normalized spacial score (nSPS) is 16.1. The van der Waals surface area contributed by atoms with Crippen molar-refractivity contribution in [3.63, 3.8) is 0 Å². The molecule has 258 valence electrons. The fourth-order valence-electron chi connectivity index (χ4n) is 6.57.